The SMILES string of the molecule is CCOC(=O)c1ccc(NC(=O)/C=C(C)/C=C/C=C(C)\C=C/C2=C(C)CCCC2(C)C)cc1. The Labute approximate surface area is 198 Å². The largest absolute Gasteiger partial charge is 0.462 e. The summed E-state index contributed by atoms with van der Waals surface area (Å²) in [5, 5.41) is 2.81. The van der Waals surface area contributed by atoms with Crippen molar-refractivity contribution in [1.29, 1.82) is 0 Å². The molecule has 176 valence electrons. The third-order valence-electron chi connectivity index (χ3n) is 5.80. The molecule has 4 nitrogen and oxygen atoms in total. The molecule has 0 saturated carbocycles. The van der Waals surface area contributed by atoms with E-state index < -0.39 is 0 Å². The van der Waals surface area contributed by atoms with E-state index in [4.69, 9.17) is 4.74 Å². The van der Waals surface area contributed by atoms with Gasteiger partial charge in [0.2, 0.25) is 5.91 Å². The van der Waals surface area contributed by atoms with Crippen LogP contribution in [0.3, 0.4) is 0 Å². The van der Waals surface area contributed by atoms with Gasteiger partial charge in [0.25, 0.3) is 0 Å². The average Bonchev–Trinajstić information content (AvgIpc) is 2.73. The number of hydrogen-bond donors (Lipinski definition) is 1. The molecule has 1 aliphatic rings. The molecule has 0 aromatic heterocycles. The minimum Gasteiger partial charge on any atom is -0.462 e. The minimum absolute atomic E-state index is 0.219. The molecule has 1 aliphatic carbocycles. The summed E-state index contributed by atoms with van der Waals surface area (Å²) in [5.74, 6) is -0.590. The molecule has 4 heteroatoms. The summed E-state index contributed by atoms with van der Waals surface area (Å²) in [4.78, 5) is 24.0. The molecule has 0 saturated heterocycles. The van der Waals surface area contributed by atoms with E-state index in [1.165, 1.54) is 30.4 Å². The third kappa shape index (κ3) is 8.38. The summed E-state index contributed by atoms with van der Waals surface area (Å²) in [6.07, 6.45) is 15.6. The number of amides is 1. The first-order valence-corrected chi connectivity index (χ1v) is 11.6. The van der Waals surface area contributed by atoms with Crippen LogP contribution in [0.15, 0.2) is 83.0 Å². The van der Waals surface area contributed by atoms with E-state index in [0.717, 1.165) is 11.1 Å². The van der Waals surface area contributed by atoms with Crippen LogP contribution in [0.1, 0.15) is 71.2 Å². The van der Waals surface area contributed by atoms with Gasteiger partial charge in [-0.3, -0.25) is 4.79 Å². The quantitative estimate of drug-likeness (QED) is 0.258. The van der Waals surface area contributed by atoms with Gasteiger partial charge in [0.05, 0.1) is 12.2 Å². The fourth-order valence-electron chi connectivity index (χ4n) is 3.97. The van der Waals surface area contributed by atoms with E-state index >= 15 is 0 Å². The molecule has 1 N–H and O–H groups in total. The number of nitrogens with one attached hydrogen (secondary N) is 1. The van der Waals surface area contributed by atoms with Crippen molar-refractivity contribution in [1.82, 2.24) is 0 Å². The van der Waals surface area contributed by atoms with E-state index in [2.05, 4.69) is 45.2 Å². The summed E-state index contributed by atoms with van der Waals surface area (Å²) >= 11 is 0. The van der Waals surface area contributed by atoms with Gasteiger partial charge in [-0.25, -0.2) is 4.79 Å². The van der Waals surface area contributed by atoms with Gasteiger partial charge in [-0.1, -0.05) is 55.4 Å². The summed E-state index contributed by atoms with van der Waals surface area (Å²) < 4.78 is 4.96. The van der Waals surface area contributed by atoms with Gasteiger partial charge in [-0.15, -0.1) is 0 Å². The van der Waals surface area contributed by atoms with Crippen molar-refractivity contribution in [2.75, 3.05) is 11.9 Å². The lowest BCUT2D eigenvalue weighted by atomic mass is 9.72. The Balaban J connectivity index is 1.94. The number of ether oxygens (including phenoxy) is 1. The second-order valence-electron chi connectivity index (χ2n) is 9.21. The number of hydrogen-bond acceptors (Lipinski definition) is 3. The van der Waals surface area contributed by atoms with Gasteiger partial charge in [0.1, 0.15) is 0 Å². The zero-order valence-electron chi connectivity index (χ0n) is 20.8. The molecule has 0 radical (unpaired) electrons. The highest BCUT2D eigenvalue weighted by Crippen LogP contribution is 2.40. The number of anilines is 1. The molecule has 1 amide bonds. The average molecular weight is 448 g/mol. The predicted octanol–water partition coefficient (Wildman–Crippen LogP) is 7.33. The second-order valence-corrected chi connectivity index (χ2v) is 9.21. The van der Waals surface area contributed by atoms with Gasteiger partial charge in [0, 0.05) is 11.8 Å². The molecule has 1 aromatic carbocycles. The third-order valence-corrected chi connectivity index (χ3v) is 5.80. The van der Waals surface area contributed by atoms with Crippen LogP contribution >= 0.6 is 0 Å². The highest BCUT2D eigenvalue weighted by atomic mass is 16.5. The summed E-state index contributed by atoms with van der Waals surface area (Å²) in [6, 6.07) is 6.65. The fourth-order valence-corrected chi connectivity index (χ4v) is 3.97. The lowest BCUT2D eigenvalue weighted by Gasteiger charge is -2.32. The molecule has 0 atom stereocenters. The first-order valence-electron chi connectivity index (χ1n) is 11.6. The van der Waals surface area contributed by atoms with Crippen LogP contribution in [0, 0.1) is 5.41 Å². The maximum Gasteiger partial charge on any atom is 0.338 e. The van der Waals surface area contributed by atoms with Gasteiger partial charge in [-0.05, 0) is 87.8 Å². The van der Waals surface area contributed by atoms with Gasteiger partial charge in [0.15, 0.2) is 0 Å². The maximum absolute atomic E-state index is 12.3. The number of carbonyl (C=O) groups excluding carboxylic acids is 2. The molecule has 2 rings (SSSR count). The van der Waals surface area contributed by atoms with E-state index in [0.29, 0.717) is 17.9 Å². The van der Waals surface area contributed by atoms with E-state index in [9.17, 15) is 9.59 Å². The van der Waals surface area contributed by atoms with Crippen molar-refractivity contribution in [3.63, 3.8) is 0 Å². The molecular formula is C29H37NO3. The lowest BCUT2D eigenvalue weighted by Crippen LogP contribution is -2.19. The smallest absolute Gasteiger partial charge is 0.338 e. The molecule has 0 bridgehead atoms. The normalized spacial score (nSPS) is 17.0. The Bertz CT molecular complexity index is 1000. The Morgan fingerprint density at radius 3 is 2.42 bits per heavy atom. The number of allylic oxidation sites excluding steroid dienone is 9. The topological polar surface area (TPSA) is 55.4 Å². The first kappa shape index (κ1) is 26.1. The fraction of sp³-hybridized carbons (Fsp3) is 0.379. The van der Waals surface area contributed by atoms with Crippen molar-refractivity contribution in [2.24, 2.45) is 5.41 Å². The minimum atomic E-state index is -0.372. The predicted molar refractivity (Wildman–Crippen MR) is 137 cm³/mol. The molecule has 0 unspecified atom stereocenters. The van der Waals surface area contributed by atoms with E-state index in [1.807, 2.05) is 25.2 Å². The molecule has 0 fully saturated rings. The van der Waals surface area contributed by atoms with Gasteiger partial charge in [-0.2, -0.15) is 0 Å². The standard InChI is InChI=1S/C29H37NO3/c1-7-33-28(32)24-14-16-25(17-15-24)30-27(31)20-22(3)11-8-10-21(2)13-18-26-23(4)12-9-19-29(26,5)6/h8,10-11,13-18,20H,7,9,12,19H2,1-6H3,(H,30,31)/b11-8+,18-13-,21-10-,22-20+. The van der Waals surface area contributed by atoms with Crippen molar-refractivity contribution in [3.8, 4) is 0 Å². The number of carbonyl (C=O) groups is 2. The maximum atomic E-state index is 12.3. The highest BCUT2D eigenvalue weighted by molar-refractivity contribution is 6.00. The Kier molecular flexibility index (Phi) is 9.65. The van der Waals surface area contributed by atoms with Gasteiger partial charge >= 0.3 is 5.97 Å². The number of esters is 1. The van der Waals surface area contributed by atoms with Crippen LogP contribution in [0.2, 0.25) is 0 Å². The van der Waals surface area contributed by atoms with Crippen molar-refractivity contribution in [3.05, 3.63) is 88.6 Å². The summed E-state index contributed by atoms with van der Waals surface area (Å²) in [5.41, 5.74) is 6.26. The van der Waals surface area contributed by atoms with Crippen molar-refractivity contribution < 1.29 is 14.3 Å². The van der Waals surface area contributed by atoms with Crippen molar-refractivity contribution in [2.45, 2.75) is 60.8 Å². The van der Waals surface area contributed by atoms with Crippen LogP contribution in [0.4, 0.5) is 5.69 Å². The molecule has 0 spiro atoms. The molecule has 33 heavy (non-hydrogen) atoms. The summed E-state index contributed by atoms with van der Waals surface area (Å²) in [6.45, 7) is 12.9. The molecular weight excluding hydrogens is 410 g/mol. The molecule has 0 heterocycles. The van der Waals surface area contributed by atoms with Crippen LogP contribution in [-0.4, -0.2) is 18.5 Å². The zero-order valence-corrected chi connectivity index (χ0v) is 20.8. The first-order chi connectivity index (χ1) is 15.6. The van der Waals surface area contributed by atoms with Crippen molar-refractivity contribution >= 4 is 17.6 Å². The van der Waals surface area contributed by atoms with E-state index in [-0.39, 0.29) is 17.3 Å². The lowest BCUT2D eigenvalue weighted by molar-refractivity contribution is -0.111. The number of benzene rings is 1. The zero-order chi connectivity index (χ0) is 24.4. The van der Waals surface area contributed by atoms with Crippen LogP contribution in [0.5, 0.6) is 0 Å². The Morgan fingerprint density at radius 1 is 1.09 bits per heavy atom. The van der Waals surface area contributed by atoms with Gasteiger partial charge < -0.3 is 10.1 Å². The number of rotatable bonds is 8. The highest BCUT2D eigenvalue weighted by Gasteiger charge is 2.26. The van der Waals surface area contributed by atoms with Crippen LogP contribution < -0.4 is 5.32 Å². The van der Waals surface area contributed by atoms with E-state index in [1.54, 1.807) is 37.3 Å². The molecule has 0 aliphatic heterocycles. The van der Waals surface area contributed by atoms with Crippen LogP contribution in [0.25, 0.3) is 0 Å². The molecule has 1 aromatic rings. The Hall–Kier alpha value is -3.14. The Morgan fingerprint density at radius 2 is 1.79 bits per heavy atom. The second kappa shape index (κ2) is 12.2. The monoisotopic (exact) mass is 447 g/mol. The van der Waals surface area contributed by atoms with Crippen LogP contribution in [-0.2, 0) is 9.53 Å². The summed E-state index contributed by atoms with van der Waals surface area (Å²) in [7, 11) is 0.